The second-order valence-corrected chi connectivity index (χ2v) is 7.97. The normalized spacial score (nSPS) is 13.4. The smallest absolute Gasteiger partial charge is 0.226 e. The molecule has 1 amide bonds. The Hall–Kier alpha value is -1.70. The lowest BCUT2D eigenvalue weighted by atomic mass is 9.96. The number of rotatable bonds is 10. The molecule has 2 atom stereocenters. The van der Waals surface area contributed by atoms with Gasteiger partial charge in [-0.1, -0.05) is 61.5 Å². The molecule has 0 saturated carbocycles. The molecule has 0 unspecified atom stereocenters. The van der Waals surface area contributed by atoms with E-state index in [1.807, 2.05) is 42.5 Å². The van der Waals surface area contributed by atoms with Gasteiger partial charge >= 0.3 is 0 Å². The average molecular weight is 493 g/mol. The Morgan fingerprint density at radius 3 is 2.46 bits per heavy atom. The third-order valence-corrected chi connectivity index (χ3v) is 5.32. The molecule has 0 heterocycles. The van der Waals surface area contributed by atoms with E-state index in [2.05, 4.69) is 53.8 Å². The molecule has 0 spiro atoms. The molecule has 0 bridgehead atoms. The first-order chi connectivity index (χ1) is 13.5. The van der Waals surface area contributed by atoms with Gasteiger partial charge in [-0.3, -0.25) is 4.79 Å². The lowest BCUT2D eigenvalue weighted by Gasteiger charge is -2.22. The van der Waals surface area contributed by atoms with E-state index in [0.717, 1.165) is 11.1 Å². The van der Waals surface area contributed by atoms with Crippen molar-refractivity contribution < 1.29 is 14.6 Å². The van der Waals surface area contributed by atoms with Crippen molar-refractivity contribution in [3.63, 3.8) is 0 Å². The van der Waals surface area contributed by atoms with Crippen molar-refractivity contribution in [1.29, 1.82) is 0 Å². The molecule has 0 fully saturated rings. The Balaban J connectivity index is 1.96. The quantitative estimate of drug-likeness (QED) is 0.390. The number of amides is 1. The largest absolute Gasteiger partial charge is 0.395 e. The molecule has 0 radical (unpaired) electrons. The van der Waals surface area contributed by atoms with E-state index in [0.29, 0.717) is 19.5 Å². The maximum absolute atomic E-state index is 12.6. The molecule has 2 aromatic carbocycles. The van der Waals surface area contributed by atoms with E-state index in [9.17, 15) is 9.90 Å². The molecule has 5 heteroatoms. The zero-order valence-electron chi connectivity index (χ0n) is 16.4. The highest BCUT2D eigenvalue weighted by atomic mass is 127. The van der Waals surface area contributed by atoms with E-state index >= 15 is 0 Å². The first kappa shape index (κ1) is 22.6. The fraction of sp³-hybridized carbons (Fsp3) is 0.348. The van der Waals surface area contributed by atoms with Gasteiger partial charge in [-0.15, -0.1) is 0 Å². The minimum absolute atomic E-state index is 0.00425. The number of hydrogen-bond acceptors (Lipinski definition) is 3. The van der Waals surface area contributed by atoms with Crippen LogP contribution in [-0.4, -0.2) is 36.2 Å². The highest BCUT2D eigenvalue weighted by Crippen LogP contribution is 2.27. The van der Waals surface area contributed by atoms with Crippen molar-refractivity contribution in [2.45, 2.75) is 26.0 Å². The summed E-state index contributed by atoms with van der Waals surface area (Å²) in [5.74, 6) is 0.142. The molecular weight excluding hydrogens is 465 g/mol. The number of nitrogens with zero attached hydrogens (tertiary/aromatic N) is 1. The Labute approximate surface area is 181 Å². The highest BCUT2D eigenvalue weighted by Gasteiger charge is 2.17. The van der Waals surface area contributed by atoms with Crippen LogP contribution >= 0.6 is 22.6 Å². The van der Waals surface area contributed by atoms with Crippen molar-refractivity contribution in [2.75, 3.05) is 20.3 Å². The van der Waals surface area contributed by atoms with Crippen LogP contribution in [0, 0.1) is 9.49 Å². The van der Waals surface area contributed by atoms with Gasteiger partial charge in [0.2, 0.25) is 5.91 Å². The summed E-state index contributed by atoms with van der Waals surface area (Å²) in [6, 6.07) is 18.1. The van der Waals surface area contributed by atoms with Crippen LogP contribution in [0.25, 0.3) is 0 Å². The summed E-state index contributed by atoms with van der Waals surface area (Å²) < 4.78 is 6.87. The van der Waals surface area contributed by atoms with Gasteiger partial charge < -0.3 is 14.7 Å². The molecule has 28 heavy (non-hydrogen) atoms. The number of benzene rings is 2. The Morgan fingerprint density at radius 1 is 1.18 bits per heavy atom. The molecule has 0 aliphatic rings. The van der Waals surface area contributed by atoms with Gasteiger partial charge in [0.25, 0.3) is 0 Å². The number of methoxy groups -OCH3 is 1. The molecule has 2 aromatic rings. The summed E-state index contributed by atoms with van der Waals surface area (Å²) in [5, 5.41) is 9.30. The molecule has 0 saturated heterocycles. The summed E-state index contributed by atoms with van der Waals surface area (Å²) in [4.78, 5) is 14.3. The third kappa shape index (κ3) is 7.04. The van der Waals surface area contributed by atoms with Crippen LogP contribution in [0.3, 0.4) is 0 Å². The van der Waals surface area contributed by atoms with Gasteiger partial charge in [-0.25, -0.2) is 0 Å². The summed E-state index contributed by atoms with van der Waals surface area (Å²) in [5.41, 5.74) is 2.18. The maximum atomic E-state index is 12.6. The van der Waals surface area contributed by atoms with E-state index in [4.69, 9.17) is 4.74 Å². The number of carbonyl (C=O) groups excluding carboxylic acids is 1. The van der Waals surface area contributed by atoms with E-state index in [1.54, 1.807) is 12.0 Å². The van der Waals surface area contributed by atoms with Crippen LogP contribution < -0.4 is 0 Å². The van der Waals surface area contributed by atoms with Gasteiger partial charge in [0.15, 0.2) is 0 Å². The number of aliphatic hydroxyl groups is 1. The summed E-state index contributed by atoms with van der Waals surface area (Å²) in [7, 11) is 1.71. The molecule has 0 aliphatic heterocycles. The average Bonchev–Trinajstić information content (AvgIpc) is 2.70. The van der Waals surface area contributed by atoms with Crippen LogP contribution in [0.1, 0.15) is 30.6 Å². The predicted octanol–water partition coefficient (Wildman–Crippen LogP) is 4.58. The summed E-state index contributed by atoms with van der Waals surface area (Å²) >= 11 is 2.28. The minimum atomic E-state index is -0.0544. The van der Waals surface area contributed by atoms with Crippen LogP contribution in [0.2, 0.25) is 0 Å². The predicted molar refractivity (Wildman–Crippen MR) is 121 cm³/mol. The van der Waals surface area contributed by atoms with Crippen LogP contribution in [0.15, 0.2) is 66.7 Å². The standard InChI is InChI=1S/C23H28INO3/c1-18(23(28-2)20-11-13-21(24)14-12-20)7-6-10-22(27)25(15-16-26)17-19-8-4-3-5-9-19/h3-9,11-14,18,23,26H,10,15-17H2,1-2H3/b7-6+/t18-,23+/m0/s1. The lowest BCUT2D eigenvalue weighted by Crippen LogP contribution is -2.32. The van der Waals surface area contributed by atoms with Crippen molar-refractivity contribution in [3.8, 4) is 0 Å². The minimum Gasteiger partial charge on any atom is -0.395 e. The van der Waals surface area contributed by atoms with Crippen molar-refractivity contribution in [1.82, 2.24) is 4.90 Å². The van der Waals surface area contributed by atoms with Gasteiger partial charge in [0, 0.05) is 36.1 Å². The molecule has 1 N–H and O–H groups in total. The first-order valence-electron chi connectivity index (χ1n) is 9.42. The van der Waals surface area contributed by atoms with Crippen LogP contribution in [0.5, 0.6) is 0 Å². The van der Waals surface area contributed by atoms with Gasteiger partial charge in [0.1, 0.15) is 0 Å². The summed E-state index contributed by atoms with van der Waals surface area (Å²) in [6.45, 7) is 2.88. The molecule has 0 aromatic heterocycles. The SMILES string of the molecule is CO[C@@H](c1ccc(I)cc1)[C@@H](C)/C=C/CC(=O)N(CCO)Cc1ccccc1. The second kappa shape index (κ2) is 12.0. The topological polar surface area (TPSA) is 49.8 Å². The van der Waals surface area contributed by atoms with Gasteiger partial charge in [-0.05, 0) is 45.9 Å². The highest BCUT2D eigenvalue weighted by molar-refractivity contribution is 14.1. The number of hydrogen-bond donors (Lipinski definition) is 1. The van der Waals surface area contributed by atoms with Gasteiger partial charge in [0.05, 0.1) is 12.7 Å². The number of ether oxygens (including phenoxy) is 1. The summed E-state index contributed by atoms with van der Waals surface area (Å²) in [6.07, 6.45) is 4.19. The molecule has 150 valence electrons. The Morgan fingerprint density at radius 2 is 1.86 bits per heavy atom. The van der Waals surface area contributed by atoms with Crippen LogP contribution in [-0.2, 0) is 16.1 Å². The zero-order valence-corrected chi connectivity index (χ0v) is 18.6. The van der Waals surface area contributed by atoms with E-state index in [1.165, 1.54) is 3.57 Å². The first-order valence-corrected chi connectivity index (χ1v) is 10.5. The Kier molecular flexibility index (Phi) is 9.67. The van der Waals surface area contributed by atoms with Crippen molar-refractivity contribution in [3.05, 3.63) is 81.4 Å². The van der Waals surface area contributed by atoms with E-state index in [-0.39, 0.29) is 24.5 Å². The molecule has 2 rings (SSSR count). The molecular formula is C23H28INO3. The van der Waals surface area contributed by atoms with Crippen molar-refractivity contribution in [2.24, 2.45) is 5.92 Å². The number of carbonyl (C=O) groups is 1. The fourth-order valence-corrected chi connectivity index (χ4v) is 3.50. The van der Waals surface area contributed by atoms with Crippen LogP contribution in [0.4, 0.5) is 0 Å². The maximum Gasteiger partial charge on any atom is 0.226 e. The lowest BCUT2D eigenvalue weighted by molar-refractivity contribution is -0.131. The third-order valence-electron chi connectivity index (χ3n) is 4.60. The van der Waals surface area contributed by atoms with Crippen molar-refractivity contribution >= 4 is 28.5 Å². The zero-order chi connectivity index (χ0) is 20.4. The fourth-order valence-electron chi connectivity index (χ4n) is 3.14. The molecule has 4 nitrogen and oxygen atoms in total. The Bertz CT molecular complexity index is 746. The number of aliphatic hydroxyl groups excluding tert-OH is 1. The van der Waals surface area contributed by atoms with E-state index < -0.39 is 0 Å². The monoisotopic (exact) mass is 493 g/mol. The number of halogens is 1. The second-order valence-electron chi connectivity index (χ2n) is 6.72. The van der Waals surface area contributed by atoms with Gasteiger partial charge in [-0.2, -0.15) is 0 Å². The molecule has 0 aliphatic carbocycles.